The lowest BCUT2D eigenvalue weighted by molar-refractivity contribution is -0.119. The summed E-state index contributed by atoms with van der Waals surface area (Å²) in [5.41, 5.74) is 1.72. The van der Waals surface area contributed by atoms with Crippen LogP contribution in [0.25, 0.3) is 0 Å². The van der Waals surface area contributed by atoms with Crippen molar-refractivity contribution in [2.75, 3.05) is 30.3 Å². The Kier molecular flexibility index (Phi) is 8.56. The molecule has 0 saturated carbocycles. The second-order valence-electron chi connectivity index (χ2n) is 6.34. The van der Waals surface area contributed by atoms with Gasteiger partial charge in [-0.3, -0.25) is 9.10 Å². The van der Waals surface area contributed by atoms with Crippen molar-refractivity contribution in [3.63, 3.8) is 0 Å². The van der Waals surface area contributed by atoms with Crippen LogP contribution in [0.15, 0.2) is 48.5 Å². The van der Waals surface area contributed by atoms with E-state index in [4.69, 9.17) is 4.74 Å². The fourth-order valence-corrected chi connectivity index (χ4v) is 3.81. The number of hydrogen-bond acceptors (Lipinski definition) is 4. The molecule has 0 aliphatic rings. The fourth-order valence-electron chi connectivity index (χ4n) is 2.59. The summed E-state index contributed by atoms with van der Waals surface area (Å²) in [6, 6.07) is 14.8. The zero-order chi connectivity index (χ0) is 20.6. The van der Waals surface area contributed by atoms with Crippen LogP contribution in [0.4, 0.5) is 5.69 Å². The zero-order valence-corrected chi connectivity index (χ0v) is 19.0. The molecule has 0 heterocycles. The summed E-state index contributed by atoms with van der Waals surface area (Å²) in [7, 11) is -3.57. The van der Waals surface area contributed by atoms with Crippen molar-refractivity contribution in [3.05, 3.63) is 57.7 Å². The van der Waals surface area contributed by atoms with E-state index in [2.05, 4.69) is 34.8 Å². The molecule has 1 amide bonds. The summed E-state index contributed by atoms with van der Waals surface area (Å²) in [6.07, 6.45) is 3.22. The third-order valence-electron chi connectivity index (χ3n) is 3.96. The van der Waals surface area contributed by atoms with Gasteiger partial charge in [-0.25, -0.2) is 8.42 Å². The number of nitrogens with one attached hydrogen (secondary N) is 1. The third-order valence-corrected chi connectivity index (χ3v) is 5.82. The largest absolute Gasteiger partial charge is 0.492 e. The highest BCUT2D eigenvalue weighted by Gasteiger charge is 2.20. The average Bonchev–Trinajstić information content (AvgIpc) is 2.65. The number of rotatable bonds is 10. The number of carbonyl (C=O) groups excluding carboxylic acids is 1. The first-order valence-corrected chi connectivity index (χ1v) is 11.9. The topological polar surface area (TPSA) is 75.7 Å². The summed E-state index contributed by atoms with van der Waals surface area (Å²) < 4.78 is 31.8. The van der Waals surface area contributed by atoms with Crippen molar-refractivity contribution >= 4 is 44.2 Å². The van der Waals surface area contributed by atoms with E-state index in [0.29, 0.717) is 18.8 Å². The van der Waals surface area contributed by atoms with Crippen LogP contribution in [0, 0.1) is 3.57 Å². The first kappa shape index (κ1) is 22.5. The van der Waals surface area contributed by atoms with Gasteiger partial charge in [0, 0.05) is 3.57 Å². The molecule has 0 bridgehead atoms. The molecule has 0 saturated heterocycles. The first-order chi connectivity index (χ1) is 13.3. The number of ether oxygens (including phenoxy) is 1. The molecule has 0 radical (unpaired) electrons. The molecular weight excluding hydrogens is 491 g/mol. The molecule has 8 heteroatoms. The van der Waals surface area contributed by atoms with E-state index in [1.807, 2.05) is 24.3 Å². The molecule has 0 aliphatic carbocycles. The standard InChI is InChI=1S/C20H25IN2O4S/c1-3-4-16-5-11-19(12-6-16)27-14-13-22-20(24)15-23(28(2,25)26)18-9-7-17(21)8-10-18/h5-12H,3-4,13-15H2,1-2H3,(H,22,24). The molecule has 1 N–H and O–H groups in total. The van der Waals surface area contributed by atoms with Gasteiger partial charge in [0.15, 0.2) is 0 Å². The molecule has 0 spiro atoms. The van der Waals surface area contributed by atoms with Crippen LogP contribution >= 0.6 is 22.6 Å². The lowest BCUT2D eigenvalue weighted by atomic mass is 10.1. The number of halogens is 1. The first-order valence-electron chi connectivity index (χ1n) is 9.01. The van der Waals surface area contributed by atoms with Crippen molar-refractivity contribution in [1.82, 2.24) is 5.32 Å². The Hall–Kier alpha value is -1.81. The van der Waals surface area contributed by atoms with Gasteiger partial charge in [-0.05, 0) is 71.0 Å². The number of aryl methyl sites for hydroxylation is 1. The smallest absolute Gasteiger partial charge is 0.240 e. The van der Waals surface area contributed by atoms with Gasteiger partial charge in [0.1, 0.15) is 18.9 Å². The van der Waals surface area contributed by atoms with Gasteiger partial charge in [0.25, 0.3) is 0 Å². The Morgan fingerprint density at radius 1 is 1.11 bits per heavy atom. The van der Waals surface area contributed by atoms with E-state index in [0.717, 1.165) is 32.7 Å². The summed E-state index contributed by atoms with van der Waals surface area (Å²) in [5.74, 6) is 0.358. The number of nitrogens with zero attached hydrogens (tertiary/aromatic N) is 1. The number of amides is 1. The number of benzene rings is 2. The van der Waals surface area contributed by atoms with Crippen LogP contribution in [0.2, 0.25) is 0 Å². The van der Waals surface area contributed by atoms with Gasteiger partial charge in [-0.2, -0.15) is 0 Å². The van der Waals surface area contributed by atoms with E-state index in [1.165, 1.54) is 5.56 Å². The maximum Gasteiger partial charge on any atom is 0.240 e. The molecule has 0 aliphatic heterocycles. The highest BCUT2D eigenvalue weighted by molar-refractivity contribution is 14.1. The molecule has 0 atom stereocenters. The maximum absolute atomic E-state index is 12.2. The van der Waals surface area contributed by atoms with Gasteiger partial charge in [0.05, 0.1) is 18.5 Å². The van der Waals surface area contributed by atoms with Crippen molar-refractivity contribution in [2.24, 2.45) is 0 Å². The van der Waals surface area contributed by atoms with E-state index in [1.54, 1.807) is 24.3 Å². The number of anilines is 1. The Balaban J connectivity index is 1.83. The second kappa shape index (κ2) is 10.7. The maximum atomic E-state index is 12.2. The minimum absolute atomic E-state index is 0.273. The van der Waals surface area contributed by atoms with Crippen LogP contribution in [0.3, 0.4) is 0 Å². The van der Waals surface area contributed by atoms with E-state index < -0.39 is 10.0 Å². The molecule has 152 valence electrons. The predicted molar refractivity (Wildman–Crippen MR) is 120 cm³/mol. The predicted octanol–water partition coefficient (Wildman–Crippen LogP) is 3.20. The minimum atomic E-state index is -3.57. The van der Waals surface area contributed by atoms with Gasteiger partial charge in [-0.1, -0.05) is 25.5 Å². The fraction of sp³-hybridized carbons (Fsp3) is 0.350. The number of carbonyl (C=O) groups is 1. The van der Waals surface area contributed by atoms with Crippen LogP contribution in [0.1, 0.15) is 18.9 Å². The molecule has 6 nitrogen and oxygen atoms in total. The molecule has 2 aromatic carbocycles. The third kappa shape index (κ3) is 7.31. The Bertz CT molecular complexity index is 868. The number of hydrogen-bond donors (Lipinski definition) is 1. The average molecular weight is 516 g/mol. The molecule has 0 aromatic heterocycles. The molecule has 0 fully saturated rings. The Labute approximate surface area is 180 Å². The second-order valence-corrected chi connectivity index (χ2v) is 9.49. The van der Waals surface area contributed by atoms with Crippen LogP contribution in [0.5, 0.6) is 5.75 Å². The van der Waals surface area contributed by atoms with E-state index in [9.17, 15) is 13.2 Å². The minimum Gasteiger partial charge on any atom is -0.492 e. The van der Waals surface area contributed by atoms with Crippen LogP contribution in [-0.4, -0.2) is 40.3 Å². The zero-order valence-electron chi connectivity index (χ0n) is 16.0. The van der Waals surface area contributed by atoms with Crippen molar-refractivity contribution in [2.45, 2.75) is 19.8 Å². The van der Waals surface area contributed by atoms with Crippen molar-refractivity contribution in [1.29, 1.82) is 0 Å². The van der Waals surface area contributed by atoms with Crippen LogP contribution in [-0.2, 0) is 21.2 Å². The lowest BCUT2D eigenvalue weighted by Crippen LogP contribution is -2.41. The van der Waals surface area contributed by atoms with E-state index >= 15 is 0 Å². The van der Waals surface area contributed by atoms with Gasteiger partial charge in [-0.15, -0.1) is 0 Å². The molecule has 2 aromatic rings. The lowest BCUT2D eigenvalue weighted by Gasteiger charge is -2.22. The molecule has 28 heavy (non-hydrogen) atoms. The van der Waals surface area contributed by atoms with Crippen molar-refractivity contribution in [3.8, 4) is 5.75 Å². The highest BCUT2D eigenvalue weighted by atomic mass is 127. The summed E-state index contributed by atoms with van der Waals surface area (Å²) in [4.78, 5) is 12.2. The number of sulfonamides is 1. The summed E-state index contributed by atoms with van der Waals surface area (Å²) in [6.45, 7) is 2.46. The molecule has 0 unspecified atom stereocenters. The van der Waals surface area contributed by atoms with Crippen LogP contribution < -0.4 is 14.4 Å². The Morgan fingerprint density at radius 3 is 2.32 bits per heavy atom. The quantitative estimate of drug-likeness (QED) is 0.389. The summed E-state index contributed by atoms with van der Waals surface area (Å²) in [5, 5.41) is 2.70. The highest BCUT2D eigenvalue weighted by Crippen LogP contribution is 2.19. The monoisotopic (exact) mass is 516 g/mol. The summed E-state index contributed by atoms with van der Waals surface area (Å²) >= 11 is 2.14. The van der Waals surface area contributed by atoms with Gasteiger partial charge < -0.3 is 10.1 Å². The van der Waals surface area contributed by atoms with E-state index in [-0.39, 0.29) is 12.5 Å². The Morgan fingerprint density at radius 2 is 1.75 bits per heavy atom. The van der Waals surface area contributed by atoms with Gasteiger partial charge >= 0.3 is 0 Å². The SMILES string of the molecule is CCCc1ccc(OCCNC(=O)CN(c2ccc(I)cc2)S(C)(=O)=O)cc1. The van der Waals surface area contributed by atoms with Gasteiger partial charge in [0.2, 0.25) is 15.9 Å². The normalized spacial score (nSPS) is 11.1. The molecule has 2 rings (SSSR count). The van der Waals surface area contributed by atoms with Crippen molar-refractivity contribution < 1.29 is 17.9 Å². The molecular formula is C20H25IN2O4S.